The van der Waals surface area contributed by atoms with Gasteiger partial charge in [0.1, 0.15) is 0 Å². The summed E-state index contributed by atoms with van der Waals surface area (Å²) in [4.78, 5) is 0. The van der Waals surface area contributed by atoms with E-state index in [1.165, 1.54) is 12.8 Å². The highest BCUT2D eigenvalue weighted by atomic mass is 127. The molecule has 0 aliphatic carbocycles. The van der Waals surface area contributed by atoms with Crippen molar-refractivity contribution in [2.75, 3.05) is 0 Å². The summed E-state index contributed by atoms with van der Waals surface area (Å²) in [6, 6.07) is 0. The van der Waals surface area contributed by atoms with Gasteiger partial charge in [-0.25, -0.2) is 0 Å². The van der Waals surface area contributed by atoms with E-state index in [0.717, 1.165) is 3.92 Å². The first-order valence-electron chi connectivity index (χ1n) is 2.41. The van der Waals surface area contributed by atoms with Gasteiger partial charge in [0.2, 0.25) is 0 Å². The monoisotopic (exact) mass is 198 g/mol. The number of halogens is 1. The zero-order chi connectivity index (χ0) is 4.99. The maximum absolute atomic E-state index is 2.44. The van der Waals surface area contributed by atoms with Gasteiger partial charge in [-0.1, -0.05) is 42.9 Å². The Morgan fingerprint density at radius 2 is 2.17 bits per heavy atom. The fourth-order valence-corrected chi connectivity index (χ4v) is 1.02. The van der Waals surface area contributed by atoms with Crippen LogP contribution < -0.4 is 0 Å². The van der Waals surface area contributed by atoms with Gasteiger partial charge in [0.15, 0.2) is 0 Å². The van der Waals surface area contributed by atoms with Crippen molar-refractivity contribution in [3.05, 3.63) is 0 Å². The minimum Gasteiger partial charge on any atom is -0.0829 e. The lowest BCUT2D eigenvalue weighted by atomic mass is 10.3. The van der Waals surface area contributed by atoms with Crippen molar-refractivity contribution in [2.45, 2.75) is 30.6 Å². The predicted octanol–water partition coefficient (Wildman–Crippen LogP) is 2.61. The third-order valence-electron chi connectivity index (χ3n) is 0.686. The Bertz CT molecular complexity index is 25.1. The molecule has 0 nitrogen and oxygen atoms in total. The average Bonchev–Trinajstić information content (AvgIpc) is 1.35. The third-order valence-corrected chi connectivity index (χ3v) is 1.31. The molecule has 0 bridgehead atoms. The van der Waals surface area contributed by atoms with E-state index < -0.39 is 0 Å². The Hall–Kier alpha value is 0.730. The average molecular weight is 198 g/mol. The zero-order valence-corrected chi connectivity index (χ0v) is 6.53. The molecule has 1 heteroatoms. The summed E-state index contributed by atoms with van der Waals surface area (Å²) in [5.41, 5.74) is 0. The third kappa shape index (κ3) is 4.73. The molecule has 0 radical (unpaired) electrons. The lowest BCUT2D eigenvalue weighted by Crippen LogP contribution is -1.84. The van der Waals surface area contributed by atoms with Crippen LogP contribution in [-0.4, -0.2) is 3.92 Å². The van der Waals surface area contributed by atoms with E-state index >= 15 is 0 Å². The summed E-state index contributed by atoms with van der Waals surface area (Å²) in [6.45, 7) is 4.46. The predicted molar refractivity (Wildman–Crippen MR) is 38.4 cm³/mol. The maximum atomic E-state index is 2.44. The first-order valence-corrected chi connectivity index (χ1v) is 3.66. The van der Waals surface area contributed by atoms with Gasteiger partial charge in [-0.3, -0.25) is 0 Å². The van der Waals surface area contributed by atoms with Crippen LogP contribution in [0.1, 0.15) is 26.7 Å². The molecule has 0 saturated heterocycles. The SMILES string of the molecule is CCC[C@H](C)I. The van der Waals surface area contributed by atoms with E-state index in [1.54, 1.807) is 0 Å². The summed E-state index contributed by atoms with van der Waals surface area (Å²) in [5, 5.41) is 0. The van der Waals surface area contributed by atoms with E-state index in [2.05, 4.69) is 36.4 Å². The molecule has 0 spiro atoms. The molecule has 0 rings (SSSR count). The van der Waals surface area contributed by atoms with Crippen LogP contribution in [0, 0.1) is 0 Å². The molecule has 0 heterocycles. The largest absolute Gasteiger partial charge is 0.0829 e. The Labute approximate surface area is 53.5 Å². The number of hydrogen-bond acceptors (Lipinski definition) is 0. The Morgan fingerprint density at radius 1 is 1.67 bits per heavy atom. The van der Waals surface area contributed by atoms with Crippen LogP contribution in [-0.2, 0) is 0 Å². The first-order chi connectivity index (χ1) is 2.77. The molecule has 0 fully saturated rings. The summed E-state index contributed by atoms with van der Waals surface area (Å²) in [6.07, 6.45) is 2.69. The zero-order valence-electron chi connectivity index (χ0n) is 4.37. The normalized spacial score (nSPS) is 14.5. The van der Waals surface area contributed by atoms with Gasteiger partial charge >= 0.3 is 0 Å². The first kappa shape index (κ1) is 6.73. The second-order valence-electron chi connectivity index (χ2n) is 1.57. The Balaban J connectivity index is 2.63. The maximum Gasteiger partial charge on any atom is 0.00812 e. The highest BCUT2D eigenvalue weighted by Gasteiger charge is 1.87. The molecule has 0 unspecified atom stereocenters. The molecule has 0 aromatic rings. The van der Waals surface area contributed by atoms with E-state index in [9.17, 15) is 0 Å². The molecule has 1 atom stereocenters. The van der Waals surface area contributed by atoms with E-state index in [-0.39, 0.29) is 0 Å². The van der Waals surface area contributed by atoms with Gasteiger partial charge in [-0.2, -0.15) is 0 Å². The van der Waals surface area contributed by atoms with Gasteiger partial charge in [-0.05, 0) is 6.42 Å². The van der Waals surface area contributed by atoms with Crippen LogP contribution >= 0.6 is 22.6 Å². The summed E-state index contributed by atoms with van der Waals surface area (Å²) < 4.78 is 0.868. The van der Waals surface area contributed by atoms with Gasteiger partial charge < -0.3 is 0 Å². The van der Waals surface area contributed by atoms with E-state index in [4.69, 9.17) is 0 Å². The van der Waals surface area contributed by atoms with Crippen LogP contribution in [0.3, 0.4) is 0 Å². The smallest absolute Gasteiger partial charge is 0.00812 e. The topological polar surface area (TPSA) is 0 Å². The van der Waals surface area contributed by atoms with Crippen LogP contribution in [0.2, 0.25) is 0 Å². The van der Waals surface area contributed by atoms with Crippen molar-refractivity contribution in [2.24, 2.45) is 0 Å². The molecular formula is C5H11I. The molecule has 6 heavy (non-hydrogen) atoms. The van der Waals surface area contributed by atoms with Crippen LogP contribution in [0.4, 0.5) is 0 Å². The van der Waals surface area contributed by atoms with Crippen molar-refractivity contribution in [3.8, 4) is 0 Å². The number of alkyl halides is 1. The van der Waals surface area contributed by atoms with E-state index in [0.29, 0.717) is 0 Å². The quantitative estimate of drug-likeness (QED) is 0.472. The molecule has 0 aromatic carbocycles. The Morgan fingerprint density at radius 3 is 2.17 bits per heavy atom. The molecule has 38 valence electrons. The highest BCUT2D eigenvalue weighted by molar-refractivity contribution is 14.1. The molecule has 0 aliphatic rings. The molecule has 0 aromatic heterocycles. The van der Waals surface area contributed by atoms with Gasteiger partial charge in [-0.15, -0.1) is 0 Å². The fraction of sp³-hybridized carbons (Fsp3) is 1.00. The van der Waals surface area contributed by atoms with Crippen LogP contribution in [0.5, 0.6) is 0 Å². The highest BCUT2D eigenvalue weighted by Crippen LogP contribution is 2.04. The minimum atomic E-state index is 0.868. The molecule has 0 amide bonds. The van der Waals surface area contributed by atoms with Crippen molar-refractivity contribution in [1.29, 1.82) is 0 Å². The van der Waals surface area contributed by atoms with Gasteiger partial charge in [0.05, 0.1) is 0 Å². The summed E-state index contributed by atoms with van der Waals surface area (Å²) in [5.74, 6) is 0. The standard InChI is InChI=1S/C5H11I/c1-3-4-5(2)6/h5H,3-4H2,1-2H3/t5-/m0/s1. The van der Waals surface area contributed by atoms with Crippen molar-refractivity contribution < 1.29 is 0 Å². The Kier molecular flexibility index (Phi) is 4.38. The fourth-order valence-electron chi connectivity index (χ4n) is 0.398. The van der Waals surface area contributed by atoms with Gasteiger partial charge in [0.25, 0.3) is 0 Å². The van der Waals surface area contributed by atoms with Crippen molar-refractivity contribution in [3.63, 3.8) is 0 Å². The molecular weight excluding hydrogens is 187 g/mol. The van der Waals surface area contributed by atoms with Crippen molar-refractivity contribution in [1.82, 2.24) is 0 Å². The minimum absolute atomic E-state index is 0.868. The van der Waals surface area contributed by atoms with E-state index in [1.807, 2.05) is 0 Å². The molecule has 0 saturated carbocycles. The molecule has 0 N–H and O–H groups in total. The van der Waals surface area contributed by atoms with Gasteiger partial charge in [0, 0.05) is 3.92 Å². The molecule has 0 aliphatic heterocycles. The summed E-state index contributed by atoms with van der Waals surface area (Å²) >= 11 is 2.44. The van der Waals surface area contributed by atoms with Crippen LogP contribution in [0.15, 0.2) is 0 Å². The lowest BCUT2D eigenvalue weighted by Gasteiger charge is -1.93. The number of hydrogen-bond donors (Lipinski definition) is 0. The van der Waals surface area contributed by atoms with Crippen molar-refractivity contribution >= 4 is 22.6 Å². The number of rotatable bonds is 2. The second kappa shape index (κ2) is 3.90. The second-order valence-corrected chi connectivity index (χ2v) is 3.70. The lowest BCUT2D eigenvalue weighted by molar-refractivity contribution is 0.807. The summed E-state index contributed by atoms with van der Waals surface area (Å²) in [7, 11) is 0. The van der Waals surface area contributed by atoms with Crippen LogP contribution in [0.25, 0.3) is 0 Å².